The molecule has 1 aromatic carbocycles. The summed E-state index contributed by atoms with van der Waals surface area (Å²) in [4.78, 5) is 17.3. The quantitative estimate of drug-likeness (QED) is 0.628. The number of amides is 1. The van der Waals surface area contributed by atoms with E-state index in [1.807, 2.05) is 12.0 Å². The van der Waals surface area contributed by atoms with E-state index in [-0.39, 0.29) is 24.1 Å². The molecule has 1 unspecified atom stereocenters. The molecule has 1 atom stereocenters. The summed E-state index contributed by atoms with van der Waals surface area (Å²) in [5.74, 6) is -0.971. The first kappa shape index (κ1) is 17.6. The molecule has 4 rings (SSSR count). The molecule has 0 aliphatic carbocycles. The summed E-state index contributed by atoms with van der Waals surface area (Å²) in [6.45, 7) is 3.82. The maximum atomic E-state index is 14.2. The molecule has 0 radical (unpaired) electrons. The molecule has 5 nitrogen and oxygen atoms in total. The van der Waals surface area contributed by atoms with Crippen LogP contribution in [0.15, 0.2) is 18.2 Å². The molecule has 0 spiro atoms. The smallest absolute Gasteiger partial charge is 0.356 e. The van der Waals surface area contributed by atoms with Crippen LogP contribution in [0.2, 0.25) is 0 Å². The Kier molecular flexibility index (Phi) is 3.79. The molecule has 0 saturated heterocycles. The number of aromatic nitrogens is 3. The minimum absolute atomic E-state index is 0.174. The van der Waals surface area contributed by atoms with Gasteiger partial charge in [-0.1, -0.05) is 6.07 Å². The molecular formula is C18H16F4N4O. The molecule has 9 heteroatoms. The van der Waals surface area contributed by atoms with Crippen LogP contribution in [0, 0.1) is 12.7 Å². The van der Waals surface area contributed by atoms with Gasteiger partial charge in [0, 0.05) is 41.7 Å². The second kappa shape index (κ2) is 5.83. The fourth-order valence-electron chi connectivity index (χ4n) is 3.65. The van der Waals surface area contributed by atoms with Gasteiger partial charge in [0.15, 0.2) is 5.69 Å². The summed E-state index contributed by atoms with van der Waals surface area (Å²) >= 11 is 0. The number of aryl methyl sites for hydroxylation is 1. The zero-order chi connectivity index (χ0) is 19.5. The largest absolute Gasteiger partial charge is 0.432 e. The maximum Gasteiger partial charge on any atom is 0.432 e. The van der Waals surface area contributed by atoms with Crippen molar-refractivity contribution < 1.29 is 22.4 Å². The van der Waals surface area contributed by atoms with Crippen molar-refractivity contribution >= 4 is 16.8 Å². The summed E-state index contributed by atoms with van der Waals surface area (Å²) < 4.78 is 52.4. The SMILES string of the molecule is Cc1ccc(F)c2[nH]c3c(c12)CN(C(=O)c1cc(C(F)(F)F)[nH]n1)C(C)C3. The van der Waals surface area contributed by atoms with Crippen LogP contribution in [0.25, 0.3) is 10.9 Å². The Morgan fingerprint density at radius 2 is 2.07 bits per heavy atom. The highest BCUT2D eigenvalue weighted by Gasteiger charge is 2.36. The molecule has 27 heavy (non-hydrogen) atoms. The number of halogens is 4. The fourth-order valence-corrected chi connectivity index (χ4v) is 3.65. The van der Waals surface area contributed by atoms with E-state index in [2.05, 4.69) is 10.1 Å². The first-order chi connectivity index (χ1) is 12.7. The average molecular weight is 380 g/mol. The number of rotatable bonds is 1. The van der Waals surface area contributed by atoms with E-state index in [1.54, 1.807) is 13.0 Å². The Hall–Kier alpha value is -2.84. The number of H-pyrrole nitrogens is 2. The van der Waals surface area contributed by atoms with Crippen LogP contribution in [0.5, 0.6) is 0 Å². The predicted octanol–water partition coefficient (Wildman–Crippen LogP) is 3.94. The molecule has 1 amide bonds. The van der Waals surface area contributed by atoms with Crippen LogP contribution < -0.4 is 0 Å². The van der Waals surface area contributed by atoms with Crippen LogP contribution in [-0.4, -0.2) is 32.0 Å². The zero-order valence-corrected chi connectivity index (χ0v) is 14.5. The molecule has 1 aliphatic rings. The molecule has 1 aliphatic heterocycles. The Labute approximate surface area is 151 Å². The first-order valence-corrected chi connectivity index (χ1v) is 8.39. The number of fused-ring (bicyclic) bond motifs is 3. The van der Waals surface area contributed by atoms with Crippen molar-refractivity contribution in [2.75, 3.05) is 0 Å². The van der Waals surface area contributed by atoms with Crippen LogP contribution in [0.3, 0.4) is 0 Å². The second-order valence-corrected chi connectivity index (χ2v) is 6.85. The molecule has 3 heterocycles. The van der Waals surface area contributed by atoms with Crippen LogP contribution in [-0.2, 0) is 19.1 Å². The molecule has 2 aromatic heterocycles. The summed E-state index contributed by atoms with van der Waals surface area (Å²) in [6.07, 6.45) is -4.15. The highest BCUT2D eigenvalue weighted by Crippen LogP contribution is 2.34. The van der Waals surface area contributed by atoms with Crippen LogP contribution in [0.1, 0.15) is 39.9 Å². The zero-order valence-electron chi connectivity index (χ0n) is 14.5. The Morgan fingerprint density at radius 1 is 1.33 bits per heavy atom. The lowest BCUT2D eigenvalue weighted by molar-refractivity contribution is -0.141. The molecular weight excluding hydrogens is 364 g/mol. The van der Waals surface area contributed by atoms with Gasteiger partial charge in [-0.2, -0.15) is 18.3 Å². The summed E-state index contributed by atoms with van der Waals surface area (Å²) in [5, 5.41) is 6.10. The van der Waals surface area contributed by atoms with Gasteiger partial charge >= 0.3 is 6.18 Å². The molecule has 0 saturated carbocycles. The summed E-state index contributed by atoms with van der Waals surface area (Å²) in [5.41, 5.74) is 1.53. The first-order valence-electron chi connectivity index (χ1n) is 8.39. The van der Waals surface area contributed by atoms with E-state index in [9.17, 15) is 22.4 Å². The number of benzene rings is 1. The number of nitrogens with one attached hydrogen (secondary N) is 2. The topological polar surface area (TPSA) is 64.8 Å². The van der Waals surface area contributed by atoms with Crippen molar-refractivity contribution in [2.24, 2.45) is 0 Å². The van der Waals surface area contributed by atoms with Gasteiger partial charge in [-0.25, -0.2) is 4.39 Å². The van der Waals surface area contributed by atoms with Crippen molar-refractivity contribution in [1.82, 2.24) is 20.1 Å². The number of carbonyl (C=O) groups is 1. The lowest BCUT2D eigenvalue weighted by atomic mass is 9.97. The van der Waals surface area contributed by atoms with Gasteiger partial charge in [0.2, 0.25) is 0 Å². The highest BCUT2D eigenvalue weighted by atomic mass is 19.4. The number of nitrogens with zero attached hydrogens (tertiary/aromatic N) is 2. The van der Waals surface area contributed by atoms with Crippen molar-refractivity contribution in [3.63, 3.8) is 0 Å². The van der Waals surface area contributed by atoms with Gasteiger partial charge < -0.3 is 9.88 Å². The molecule has 0 bridgehead atoms. The Bertz CT molecular complexity index is 1050. The minimum Gasteiger partial charge on any atom is -0.356 e. The third-order valence-electron chi connectivity index (χ3n) is 5.03. The van der Waals surface area contributed by atoms with E-state index < -0.39 is 17.8 Å². The van der Waals surface area contributed by atoms with Gasteiger partial charge in [-0.3, -0.25) is 9.89 Å². The third kappa shape index (κ3) is 2.77. The monoisotopic (exact) mass is 380 g/mol. The molecule has 0 fully saturated rings. The van der Waals surface area contributed by atoms with Gasteiger partial charge in [-0.05, 0) is 25.5 Å². The predicted molar refractivity (Wildman–Crippen MR) is 89.6 cm³/mol. The normalized spacial score (nSPS) is 17.4. The third-order valence-corrected chi connectivity index (χ3v) is 5.03. The van der Waals surface area contributed by atoms with Gasteiger partial charge in [0.05, 0.1) is 5.52 Å². The van der Waals surface area contributed by atoms with Crippen LogP contribution >= 0.6 is 0 Å². The second-order valence-electron chi connectivity index (χ2n) is 6.85. The van der Waals surface area contributed by atoms with Crippen LogP contribution in [0.4, 0.5) is 17.6 Å². The number of aromatic amines is 2. The van der Waals surface area contributed by atoms with Crippen molar-refractivity contribution in [3.8, 4) is 0 Å². The minimum atomic E-state index is -4.60. The van der Waals surface area contributed by atoms with Crippen molar-refractivity contribution in [2.45, 2.75) is 39.0 Å². The average Bonchev–Trinajstić information content (AvgIpc) is 3.22. The highest BCUT2D eigenvalue weighted by molar-refractivity contribution is 5.94. The van der Waals surface area contributed by atoms with Gasteiger partial charge in [0.25, 0.3) is 5.91 Å². The lowest BCUT2D eigenvalue weighted by Gasteiger charge is -2.33. The number of hydrogen-bond donors (Lipinski definition) is 2. The molecule has 3 aromatic rings. The molecule has 142 valence electrons. The summed E-state index contributed by atoms with van der Waals surface area (Å²) in [7, 11) is 0. The standard InChI is InChI=1S/C18H16F4N4O/c1-8-3-4-11(19)16-15(8)10-7-26(9(2)5-12(10)23-16)17(27)13-6-14(25-24-13)18(20,21)22/h3-4,6,9,23H,5,7H2,1-2H3,(H,24,25). The molecule has 2 N–H and O–H groups in total. The summed E-state index contributed by atoms with van der Waals surface area (Å²) in [6, 6.07) is 3.49. The van der Waals surface area contributed by atoms with E-state index in [1.165, 1.54) is 11.0 Å². The van der Waals surface area contributed by atoms with Gasteiger partial charge in [-0.15, -0.1) is 0 Å². The number of hydrogen-bond acceptors (Lipinski definition) is 2. The Balaban J connectivity index is 1.72. The lowest BCUT2D eigenvalue weighted by Crippen LogP contribution is -2.42. The van der Waals surface area contributed by atoms with Crippen molar-refractivity contribution in [1.29, 1.82) is 0 Å². The van der Waals surface area contributed by atoms with E-state index in [4.69, 9.17) is 0 Å². The van der Waals surface area contributed by atoms with E-state index in [0.29, 0.717) is 23.4 Å². The fraction of sp³-hybridized carbons (Fsp3) is 0.333. The number of carbonyl (C=O) groups excluding carboxylic acids is 1. The Morgan fingerprint density at radius 3 is 2.74 bits per heavy atom. The number of alkyl halides is 3. The van der Waals surface area contributed by atoms with E-state index >= 15 is 0 Å². The maximum absolute atomic E-state index is 14.2. The van der Waals surface area contributed by atoms with Gasteiger partial charge in [0.1, 0.15) is 11.5 Å². The van der Waals surface area contributed by atoms with Crippen molar-refractivity contribution in [3.05, 3.63) is 52.2 Å². The van der Waals surface area contributed by atoms with E-state index in [0.717, 1.165) is 16.8 Å².